The van der Waals surface area contributed by atoms with Gasteiger partial charge in [-0.15, -0.1) is 0 Å². The lowest BCUT2D eigenvalue weighted by Gasteiger charge is -2.10. The maximum Gasteiger partial charge on any atom is 0.185 e. The number of hydrogen-bond acceptors (Lipinski definition) is 2. The van der Waals surface area contributed by atoms with E-state index in [9.17, 15) is 13.2 Å². The quantitative estimate of drug-likeness (QED) is 0.828. The highest BCUT2D eigenvalue weighted by molar-refractivity contribution is 6.32. The monoisotopic (exact) mass is 287 g/mol. The van der Waals surface area contributed by atoms with Crippen LogP contribution in [0.25, 0.3) is 11.3 Å². The smallest absolute Gasteiger partial charge is 0.185 e. The molecule has 6 heteroatoms. The number of aromatic nitrogens is 1. The van der Waals surface area contributed by atoms with Crippen molar-refractivity contribution in [3.05, 3.63) is 46.4 Å². The van der Waals surface area contributed by atoms with Crippen molar-refractivity contribution in [3.63, 3.8) is 0 Å². The average molecular weight is 288 g/mol. The SMILES string of the molecule is COc1c(Cl)ccc(-c2nc(C)cc(F)c2F)c1F. The van der Waals surface area contributed by atoms with Gasteiger partial charge in [-0.05, 0) is 25.1 Å². The van der Waals surface area contributed by atoms with Crippen molar-refractivity contribution >= 4 is 11.6 Å². The van der Waals surface area contributed by atoms with Gasteiger partial charge in [-0.3, -0.25) is 0 Å². The van der Waals surface area contributed by atoms with Crippen LogP contribution < -0.4 is 4.74 Å². The lowest BCUT2D eigenvalue weighted by atomic mass is 10.1. The molecule has 2 aromatic rings. The minimum absolute atomic E-state index is 0.0392. The van der Waals surface area contributed by atoms with E-state index in [0.29, 0.717) is 0 Å². The van der Waals surface area contributed by atoms with E-state index >= 15 is 0 Å². The first-order valence-electron chi connectivity index (χ1n) is 5.30. The van der Waals surface area contributed by atoms with Crippen LogP contribution in [-0.4, -0.2) is 12.1 Å². The zero-order valence-corrected chi connectivity index (χ0v) is 10.9. The van der Waals surface area contributed by atoms with E-state index < -0.39 is 23.1 Å². The molecule has 0 N–H and O–H groups in total. The molecule has 0 radical (unpaired) electrons. The van der Waals surface area contributed by atoms with Crippen molar-refractivity contribution in [2.45, 2.75) is 6.92 Å². The van der Waals surface area contributed by atoms with Gasteiger partial charge < -0.3 is 4.74 Å². The maximum atomic E-state index is 14.1. The van der Waals surface area contributed by atoms with E-state index in [-0.39, 0.29) is 22.0 Å². The van der Waals surface area contributed by atoms with Crippen molar-refractivity contribution in [2.24, 2.45) is 0 Å². The maximum absolute atomic E-state index is 14.1. The van der Waals surface area contributed by atoms with Gasteiger partial charge in [0.2, 0.25) is 0 Å². The van der Waals surface area contributed by atoms with Crippen LogP contribution in [0.4, 0.5) is 13.2 Å². The number of nitrogens with zero attached hydrogens (tertiary/aromatic N) is 1. The minimum atomic E-state index is -1.21. The summed E-state index contributed by atoms with van der Waals surface area (Å²) < 4.78 is 45.9. The third-order valence-corrected chi connectivity index (χ3v) is 2.85. The van der Waals surface area contributed by atoms with E-state index in [1.807, 2.05) is 0 Å². The molecular formula is C13H9ClF3NO. The molecule has 1 heterocycles. The predicted octanol–water partition coefficient (Wildman–Crippen LogP) is 4.14. The first kappa shape index (κ1) is 13.7. The van der Waals surface area contributed by atoms with E-state index in [1.54, 1.807) is 0 Å². The molecule has 0 atom stereocenters. The Labute approximate surface area is 112 Å². The molecular weight excluding hydrogens is 279 g/mol. The molecule has 0 unspecified atom stereocenters. The van der Waals surface area contributed by atoms with Crippen molar-refractivity contribution in [1.82, 2.24) is 4.98 Å². The normalized spacial score (nSPS) is 10.6. The van der Waals surface area contributed by atoms with Crippen molar-refractivity contribution in [3.8, 4) is 17.0 Å². The molecule has 0 amide bonds. The van der Waals surface area contributed by atoms with Gasteiger partial charge in [0.1, 0.15) is 5.69 Å². The first-order valence-corrected chi connectivity index (χ1v) is 5.68. The molecule has 2 rings (SSSR count). The highest BCUT2D eigenvalue weighted by Crippen LogP contribution is 2.35. The number of aryl methyl sites for hydroxylation is 1. The highest BCUT2D eigenvalue weighted by Gasteiger charge is 2.20. The Morgan fingerprint density at radius 3 is 2.47 bits per heavy atom. The van der Waals surface area contributed by atoms with Gasteiger partial charge >= 0.3 is 0 Å². The molecule has 2 nitrogen and oxygen atoms in total. The van der Waals surface area contributed by atoms with E-state index in [4.69, 9.17) is 16.3 Å². The summed E-state index contributed by atoms with van der Waals surface area (Å²) in [7, 11) is 1.23. The van der Waals surface area contributed by atoms with Crippen LogP contribution in [-0.2, 0) is 0 Å². The molecule has 0 spiro atoms. The fourth-order valence-electron chi connectivity index (χ4n) is 1.70. The molecule has 0 fully saturated rings. The Morgan fingerprint density at radius 1 is 1.16 bits per heavy atom. The Hall–Kier alpha value is -1.75. The van der Waals surface area contributed by atoms with Gasteiger partial charge in [-0.1, -0.05) is 11.6 Å². The number of rotatable bonds is 2. The number of hydrogen-bond donors (Lipinski definition) is 0. The second kappa shape index (κ2) is 5.09. The van der Waals surface area contributed by atoms with Gasteiger partial charge in [0.25, 0.3) is 0 Å². The van der Waals surface area contributed by atoms with Gasteiger partial charge in [-0.25, -0.2) is 18.2 Å². The molecule has 0 aliphatic carbocycles. The predicted molar refractivity (Wildman–Crippen MR) is 65.8 cm³/mol. The third-order valence-electron chi connectivity index (χ3n) is 2.55. The number of halogens is 4. The Bertz CT molecular complexity index is 646. The highest BCUT2D eigenvalue weighted by atomic mass is 35.5. The van der Waals surface area contributed by atoms with Gasteiger partial charge in [-0.2, -0.15) is 0 Å². The van der Waals surface area contributed by atoms with Crippen LogP contribution in [0.15, 0.2) is 18.2 Å². The van der Waals surface area contributed by atoms with Crippen LogP contribution in [0.3, 0.4) is 0 Å². The number of ether oxygens (including phenoxy) is 1. The molecule has 100 valence electrons. The Morgan fingerprint density at radius 2 is 1.84 bits per heavy atom. The molecule has 0 aliphatic rings. The standard InChI is InChI=1S/C13H9ClF3NO/c1-6-5-9(15)11(17)12(18-6)7-3-4-8(14)13(19-2)10(7)16/h3-5H,1-2H3. The zero-order chi connectivity index (χ0) is 14.2. The van der Waals surface area contributed by atoms with Gasteiger partial charge in [0, 0.05) is 11.3 Å². The van der Waals surface area contributed by atoms with Crippen LogP contribution >= 0.6 is 11.6 Å². The lowest BCUT2D eigenvalue weighted by molar-refractivity contribution is 0.387. The Kier molecular flexibility index (Phi) is 3.66. The molecule has 0 aliphatic heterocycles. The van der Waals surface area contributed by atoms with Gasteiger partial charge in [0.05, 0.1) is 12.1 Å². The summed E-state index contributed by atoms with van der Waals surface area (Å²) in [5, 5.41) is 0.0392. The fourth-order valence-corrected chi connectivity index (χ4v) is 1.92. The van der Waals surface area contributed by atoms with Crippen molar-refractivity contribution in [1.29, 1.82) is 0 Å². The second-order valence-corrected chi connectivity index (χ2v) is 4.26. The van der Waals surface area contributed by atoms with Crippen LogP contribution in [0.5, 0.6) is 5.75 Å². The topological polar surface area (TPSA) is 22.1 Å². The fraction of sp³-hybridized carbons (Fsp3) is 0.154. The zero-order valence-electron chi connectivity index (χ0n) is 10.1. The third kappa shape index (κ3) is 2.38. The first-order chi connectivity index (χ1) is 8.95. The molecule has 0 saturated heterocycles. The largest absolute Gasteiger partial charge is 0.492 e. The second-order valence-electron chi connectivity index (χ2n) is 3.85. The molecule has 0 saturated carbocycles. The number of benzene rings is 1. The number of pyridine rings is 1. The molecule has 19 heavy (non-hydrogen) atoms. The van der Waals surface area contributed by atoms with E-state index in [1.165, 1.54) is 26.2 Å². The summed E-state index contributed by atoms with van der Waals surface area (Å²) in [5.74, 6) is -3.42. The molecule has 0 bridgehead atoms. The van der Waals surface area contributed by atoms with Crippen LogP contribution in [0, 0.1) is 24.4 Å². The summed E-state index contributed by atoms with van der Waals surface area (Å²) in [5.41, 5.74) is -0.381. The van der Waals surface area contributed by atoms with Crippen molar-refractivity contribution in [2.75, 3.05) is 7.11 Å². The average Bonchev–Trinajstić information content (AvgIpc) is 2.35. The van der Waals surface area contributed by atoms with Crippen molar-refractivity contribution < 1.29 is 17.9 Å². The summed E-state index contributed by atoms with van der Waals surface area (Å²) in [6.07, 6.45) is 0. The molecule has 1 aromatic heterocycles. The Balaban J connectivity index is 2.73. The summed E-state index contributed by atoms with van der Waals surface area (Å²) in [6.45, 7) is 1.48. The van der Waals surface area contributed by atoms with E-state index in [2.05, 4.69) is 4.98 Å². The molecule has 1 aromatic carbocycles. The minimum Gasteiger partial charge on any atom is -0.492 e. The van der Waals surface area contributed by atoms with Crippen LogP contribution in [0.1, 0.15) is 5.69 Å². The van der Waals surface area contributed by atoms with E-state index in [0.717, 1.165) is 6.07 Å². The van der Waals surface area contributed by atoms with Crippen LogP contribution in [0.2, 0.25) is 5.02 Å². The number of methoxy groups -OCH3 is 1. The summed E-state index contributed by atoms with van der Waals surface area (Å²) in [4.78, 5) is 3.82. The summed E-state index contributed by atoms with van der Waals surface area (Å²) >= 11 is 5.74. The van der Waals surface area contributed by atoms with Gasteiger partial charge in [0.15, 0.2) is 23.2 Å². The summed E-state index contributed by atoms with van der Waals surface area (Å²) in [6, 6.07) is 3.49. The lowest BCUT2D eigenvalue weighted by Crippen LogP contribution is -2.00.